The van der Waals surface area contributed by atoms with Gasteiger partial charge in [-0.15, -0.1) is 0 Å². The Morgan fingerprint density at radius 2 is 1.72 bits per heavy atom. The molecule has 2 aliphatic rings. The summed E-state index contributed by atoms with van der Waals surface area (Å²) in [5.41, 5.74) is 0.724. The molecule has 4 rings (SSSR count). The zero-order valence-electron chi connectivity index (χ0n) is 14.2. The van der Waals surface area contributed by atoms with Crippen molar-refractivity contribution in [1.82, 2.24) is 14.9 Å². The largest absolute Gasteiger partial charge is 0.339 e. The Bertz CT molecular complexity index is 738. The van der Waals surface area contributed by atoms with Gasteiger partial charge in [0.25, 0.3) is 5.91 Å². The van der Waals surface area contributed by atoms with Gasteiger partial charge in [-0.1, -0.05) is 18.2 Å². The number of nitrogens with zero attached hydrogens (tertiary/aromatic N) is 4. The summed E-state index contributed by atoms with van der Waals surface area (Å²) >= 11 is 0. The molecular weight excluding hydrogens is 319 g/mol. The van der Waals surface area contributed by atoms with E-state index in [0.717, 1.165) is 31.2 Å². The zero-order chi connectivity index (χ0) is 17.4. The summed E-state index contributed by atoms with van der Waals surface area (Å²) in [6, 6.07) is 10.2. The fourth-order valence-electron chi connectivity index (χ4n) is 4.18. The quantitative estimate of drug-likeness (QED) is 0.862. The molecule has 1 aromatic heterocycles. The Hall–Kier alpha value is -2.50. The minimum atomic E-state index is -0.417. The maximum atomic E-state index is 13.1. The van der Waals surface area contributed by atoms with E-state index in [1.807, 2.05) is 42.3 Å². The number of benzene rings is 1. The average Bonchev–Trinajstić information content (AvgIpc) is 2.91. The van der Waals surface area contributed by atoms with Crippen molar-refractivity contribution in [3.63, 3.8) is 0 Å². The molecule has 1 unspecified atom stereocenters. The molecule has 130 valence electrons. The van der Waals surface area contributed by atoms with Gasteiger partial charge in [-0.3, -0.25) is 4.79 Å². The molecule has 0 saturated carbocycles. The monoisotopic (exact) mass is 340 g/mol. The van der Waals surface area contributed by atoms with Crippen LogP contribution in [0.25, 0.3) is 0 Å². The Morgan fingerprint density at radius 3 is 2.32 bits per heavy atom. The highest BCUT2D eigenvalue weighted by atomic mass is 19.1. The summed E-state index contributed by atoms with van der Waals surface area (Å²) in [7, 11) is 1.89. The Morgan fingerprint density at radius 1 is 1.12 bits per heavy atom. The maximum absolute atomic E-state index is 13.1. The van der Waals surface area contributed by atoms with Gasteiger partial charge >= 0.3 is 0 Å². The van der Waals surface area contributed by atoms with Crippen LogP contribution in [-0.4, -0.2) is 45.9 Å². The second kappa shape index (κ2) is 6.43. The van der Waals surface area contributed by atoms with Gasteiger partial charge in [0.15, 0.2) is 5.82 Å². The molecule has 2 aromatic rings. The van der Waals surface area contributed by atoms with Gasteiger partial charge in [0.1, 0.15) is 0 Å². The van der Waals surface area contributed by atoms with E-state index in [1.165, 1.54) is 12.4 Å². The lowest BCUT2D eigenvalue weighted by atomic mass is 9.96. The van der Waals surface area contributed by atoms with Crippen LogP contribution in [0.1, 0.15) is 36.0 Å². The molecule has 0 spiro atoms. The lowest BCUT2D eigenvalue weighted by Gasteiger charge is -2.42. The van der Waals surface area contributed by atoms with Crippen LogP contribution in [0.4, 0.5) is 10.3 Å². The van der Waals surface area contributed by atoms with Gasteiger partial charge in [0.05, 0.1) is 12.4 Å². The second-order valence-corrected chi connectivity index (χ2v) is 6.90. The van der Waals surface area contributed by atoms with Crippen molar-refractivity contribution in [2.75, 3.05) is 11.9 Å². The normalized spacial score (nSPS) is 25.0. The number of halogens is 1. The third-order valence-electron chi connectivity index (χ3n) is 5.43. The molecule has 0 N–H and O–H groups in total. The molecule has 0 aliphatic carbocycles. The van der Waals surface area contributed by atoms with E-state index < -0.39 is 5.82 Å². The van der Waals surface area contributed by atoms with E-state index in [-0.39, 0.29) is 11.9 Å². The van der Waals surface area contributed by atoms with Crippen LogP contribution in [0.3, 0.4) is 0 Å². The molecular formula is C19H21FN4O. The van der Waals surface area contributed by atoms with Gasteiger partial charge in [-0.05, 0) is 37.8 Å². The van der Waals surface area contributed by atoms with E-state index in [2.05, 4.69) is 14.9 Å². The number of carbonyl (C=O) groups excluding carboxylic acids is 1. The zero-order valence-corrected chi connectivity index (χ0v) is 14.2. The molecule has 2 bridgehead atoms. The van der Waals surface area contributed by atoms with E-state index in [9.17, 15) is 9.18 Å². The predicted octanol–water partition coefficient (Wildman–Crippen LogP) is 2.89. The van der Waals surface area contributed by atoms with Gasteiger partial charge in [0, 0.05) is 30.7 Å². The van der Waals surface area contributed by atoms with E-state index in [0.29, 0.717) is 18.0 Å². The topological polar surface area (TPSA) is 49.3 Å². The van der Waals surface area contributed by atoms with Crippen molar-refractivity contribution in [3.8, 4) is 0 Å². The smallest absolute Gasteiger partial charge is 0.253 e. The lowest BCUT2D eigenvalue weighted by molar-refractivity contribution is 0.0693. The van der Waals surface area contributed by atoms with Crippen molar-refractivity contribution in [2.45, 2.75) is 43.8 Å². The van der Waals surface area contributed by atoms with Crippen LogP contribution in [0, 0.1) is 5.82 Å². The molecule has 2 saturated heterocycles. The minimum Gasteiger partial charge on any atom is -0.339 e. The summed E-state index contributed by atoms with van der Waals surface area (Å²) in [6.45, 7) is 0. The van der Waals surface area contributed by atoms with E-state index >= 15 is 0 Å². The molecule has 25 heavy (non-hydrogen) atoms. The summed E-state index contributed by atoms with van der Waals surface area (Å²) in [5, 5.41) is 0. The molecule has 2 aliphatic heterocycles. The van der Waals surface area contributed by atoms with Crippen molar-refractivity contribution >= 4 is 11.9 Å². The van der Waals surface area contributed by atoms with Crippen molar-refractivity contribution in [3.05, 3.63) is 54.1 Å². The lowest BCUT2D eigenvalue weighted by Crippen LogP contribution is -2.51. The van der Waals surface area contributed by atoms with Crippen LogP contribution >= 0.6 is 0 Å². The van der Waals surface area contributed by atoms with Crippen LogP contribution < -0.4 is 4.90 Å². The molecule has 1 aromatic carbocycles. The molecule has 5 nitrogen and oxygen atoms in total. The number of fused-ring (bicyclic) bond motifs is 2. The highest BCUT2D eigenvalue weighted by Crippen LogP contribution is 2.39. The molecule has 0 radical (unpaired) electrons. The number of piperidine rings is 1. The van der Waals surface area contributed by atoms with Gasteiger partial charge in [-0.2, -0.15) is 0 Å². The van der Waals surface area contributed by atoms with E-state index in [1.54, 1.807) is 0 Å². The molecule has 2 fully saturated rings. The number of aromatic nitrogens is 2. The van der Waals surface area contributed by atoms with Crippen LogP contribution in [0.5, 0.6) is 0 Å². The number of rotatable bonds is 3. The van der Waals surface area contributed by atoms with Crippen molar-refractivity contribution < 1.29 is 9.18 Å². The molecule has 3 heterocycles. The van der Waals surface area contributed by atoms with Crippen LogP contribution in [-0.2, 0) is 0 Å². The van der Waals surface area contributed by atoms with Gasteiger partial charge < -0.3 is 9.80 Å². The number of anilines is 1. The summed E-state index contributed by atoms with van der Waals surface area (Å²) in [5.74, 6) is 0.250. The fraction of sp³-hybridized carbons (Fsp3) is 0.421. The van der Waals surface area contributed by atoms with Crippen molar-refractivity contribution in [1.29, 1.82) is 0 Å². The van der Waals surface area contributed by atoms with Gasteiger partial charge in [-0.25, -0.2) is 14.4 Å². The third kappa shape index (κ3) is 2.97. The summed E-state index contributed by atoms with van der Waals surface area (Å²) < 4.78 is 13.1. The average molecular weight is 340 g/mol. The summed E-state index contributed by atoms with van der Waals surface area (Å²) in [6.07, 6.45) is 6.36. The molecule has 6 heteroatoms. The highest BCUT2D eigenvalue weighted by molar-refractivity contribution is 5.94. The molecule has 3 atom stereocenters. The third-order valence-corrected chi connectivity index (χ3v) is 5.43. The standard InChI is InChI=1S/C19H21FN4O/c1-23(18(25)13-5-3-2-4-6-13)17-9-15-7-8-16(10-17)24(15)19-21-11-14(20)12-22-19/h2-6,11-12,15-17H,7-10H2,1H3/t15-,16+,17?. The van der Waals surface area contributed by atoms with Gasteiger partial charge in [0.2, 0.25) is 5.95 Å². The first kappa shape index (κ1) is 16.0. The van der Waals surface area contributed by atoms with Crippen LogP contribution in [0.2, 0.25) is 0 Å². The second-order valence-electron chi connectivity index (χ2n) is 6.90. The first-order valence-corrected chi connectivity index (χ1v) is 8.71. The predicted molar refractivity (Wildman–Crippen MR) is 92.8 cm³/mol. The maximum Gasteiger partial charge on any atom is 0.253 e. The van der Waals surface area contributed by atoms with E-state index in [4.69, 9.17) is 0 Å². The minimum absolute atomic E-state index is 0.0662. The first-order valence-electron chi connectivity index (χ1n) is 8.71. The van der Waals surface area contributed by atoms with Crippen molar-refractivity contribution in [2.24, 2.45) is 0 Å². The number of carbonyl (C=O) groups is 1. The number of amides is 1. The Labute approximate surface area is 146 Å². The highest BCUT2D eigenvalue weighted by Gasteiger charge is 2.43. The van der Waals surface area contributed by atoms with Crippen LogP contribution in [0.15, 0.2) is 42.7 Å². The SMILES string of the molecule is CN(C(=O)c1ccccc1)C1C[C@H]2CC[C@@H](C1)N2c1ncc(F)cn1. The Kier molecular flexibility index (Phi) is 4.11. The Balaban J connectivity index is 1.49. The number of hydrogen-bond donors (Lipinski definition) is 0. The first-order chi connectivity index (χ1) is 12.1. The molecule has 1 amide bonds. The fourth-order valence-corrected chi connectivity index (χ4v) is 4.18. The number of hydrogen-bond acceptors (Lipinski definition) is 4. The summed E-state index contributed by atoms with van der Waals surface area (Å²) in [4.78, 5) is 25.1.